The molecule has 0 aliphatic carbocycles. The van der Waals surface area contributed by atoms with E-state index in [0.29, 0.717) is 12.3 Å². The summed E-state index contributed by atoms with van der Waals surface area (Å²) in [6, 6.07) is 6.75. The van der Waals surface area contributed by atoms with Crippen LogP contribution < -0.4 is 16.1 Å². The average molecular weight is 443 g/mol. The van der Waals surface area contributed by atoms with E-state index < -0.39 is 35.4 Å². The molecule has 168 valence electrons. The highest BCUT2D eigenvalue weighted by molar-refractivity contribution is 5.99. The van der Waals surface area contributed by atoms with E-state index in [1.807, 2.05) is 6.92 Å². The Morgan fingerprint density at radius 1 is 1.00 bits per heavy atom. The Bertz CT molecular complexity index is 1140. The number of hydrogen-bond donors (Lipinski definition) is 2. The third-order valence-electron chi connectivity index (χ3n) is 4.79. The molecule has 3 rings (SSSR count). The summed E-state index contributed by atoms with van der Waals surface area (Å²) in [5.74, 6) is -2.54. The van der Waals surface area contributed by atoms with Crippen molar-refractivity contribution in [2.24, 2.45) is 0 Å². The van der Waals surface area contributed by atoms with Crippen molar-refractivity contribution in [1.29, 1.82) is 0 Å². The monoisotopic (exact) mass is 443 g/mol. The van der Waals surface area contributed by atoms with Crippen LogP contribution in [0, 0.1) is 11.6 Å². The molecule has 3 aromatic rings. The lowest BCUT2D eigenvalue weighted by Crippen LogP contribution is -2.35. The number of hydrogen-bond acceptors (Lipinski definition) is 4. The van der Waals surface area contributed by atoms with Gasteiger partial charge in [0, 0.05) is 31.0 Å². The van der Waals surface area contributed by atoms with E-state index in [9.17, 15) is 23.2 Å². The van der Waals surface area contributed by atoms with Crippen LogP contribution in [0.15, 0.2) is 58.2 Å². The summed E-state index contributed by atoms with van der Waals surface area (Å²) in [5.41, 5.74) is -1.64. The second-order valence-corrected chi connectivity index (χ2v) is 7.16. The summed E-state index contributed by atoms with van der Waals surface area (Å²) in [4.78, 5) is 38.2. The molecule has 1 aromatic carbocycles. The van der Waals surface area contributed by atoms with Crippen molar-refractivity contribution >= 4 is 11.8 Å². The minimum atomic E-state index is -0.853. The summed E-state index contributed by atoms with van der Waals surface area (Å²) >= 11 is 0. The third-order valence-corrected chi connectivity index (χ3v) is 4.79. The molecule has 0 unspecified atom stereocenters. The first-order valence-electron chi connectivity index (χ1n) is 10.2. The number of carbonyl (C=O) groups excluding carboxylic acids is 2. The maximum absolute atomic E-state index is 13.9. The van der Waals surface area contributed by atoms with Gasteiger partial charge in [0.05, 0.1) is 12.8 Å². The van der Waals surface area contributed by atoms with Gasteiger partial charge in [-0.1, -0.05) is 19.4 Å². The van der Waals surface area contributed by atoms with Gasteiger partial charge in [-0.25, -0.2) is 8.78 Å². The first-order valence-corrected chi connectivity index (χ1v) is 10.2. The molecular formula is C23H23F2N3O4. The van der Waals surface area contributed by atoms with E-state index in [-0.39, 0.29) is 23.2 Å². The van der Waals surface area contributed by atoms with Gasteiger partial charge in [0.15, 0.2) is 0 Å². The van der Waals surface area contributed by atoms with Crippen LogP contribution in [0.5, 0.6) is 0 Å². The Morgan fingerprint density at radius 2 is 1.66 bits per heavy atom. The molecule has 0 saturated heterocycles. The number of carbonyl (C=O) groups is 2. The summed E-state index contributed by atoms with van der Waals surface area (Å²) in [7, 11) is 0. The normalized spacial score (nSPS) is 10.7. The van der Waals surface area contributed by atoms with Crippen molar-refractivity contribution in [2.75, 3.05) is 6.54 Å². The minimum Gasteiger partial charge on any atom is -0.467 e. The number of pyridine rings is 1. The van der Waals surface area contributed by atoms with Crippen LogP contribution in [0.4, 0.5) is 8.78 Å². The predicted octanol–water partition coefficient (Wildman–Crippen LogP) is 3.23. The first kappa shape index (κ1) is 22.9. The Kier molecular flexibility index (Phi) is 7.54. The molecule has 2 amide bonds. The van der Waals surface area contributed by atoms with Crippen LogP contribution in [0.2, 0.25) is 0 Å². The lowest BCUT2D eigenvalue weighted by molar-refractivity contribution is 0.0948. The van der Waals surface area contributed by atoms with Crippen LogP contribution in [-0.2, 0) is 13.1 Å². The molecule has 0 bridgehead atoms. The fraction of sp³-hybridized carbons (Fsp3) is 0.261. The summed E-state index contributed by atoms with van der Waals surface area (Å²) in [6.45, 7) is 2.06. The Morgan fingerprint density at radius 3 is 2.25 bits per heavy atom. The number of nitrogens with one attached hydrogen (secondary N) is 2. The van der Waals surface area contributed by atoms with Crippen molar-refractivity contribution in [3.05, 3.63) is 93.3 Å². The molecule has 0 spiro atoms. The zero-order chi connectivity index (χ0) is 23.1. The van der Waals surface area contributed by atoms with Crippen LogP contribution in [0.25, 0.3) is 0 Å². The smallest absolute Gasteiger partial charge is 0.257 e. The van der Waals surface area contributed by atoms with Gasteiger partial charge in [-0.05, 0) is 30.7 Å². The molecule has 32 heavy (non-hydrogen) atoms. The average Bonchev–Trinajstić information content (AvgIpc) is 3.27. The molecule has 0 aliphatic heterocycles. The van der Waals surface area contributed by atoms with E-state index >= 15 is 0 Å². The van der Waals surface area contributed by atoms with Crippen molar-refractivity contribution in [3.8, 4) is 0 Å². The van der Waals surface area contributed by atoms with E-state index in [1.165, 1.54) is 29.3 Å². The third kappa shape index (κ3) is 5.48. The van der Waals surface area contributed by atoms with Crippen molar-refractivity contribution in [2.45, 2.75) is 32.9 Å². The van der Waals surface area contributed by atoms with E-state index in [4.69, 9.17) is 4.42 Å². The Hall–Kier alpha value is -3.75. The molecule has 2 N–H and O–H groups in total. The second kappa shape index (κ2) is 10.5. The first-order chi connectivity index (χ1) is 15.4. The van der Waals surface area contributed by atoms with Crippen LogP contribution in [0.3, 0.4) is 0 Å². The van der Waals surface area contributed by atoms with Crippen LogP contribution in [0.1, 0.15) is 51.8 Å². The molecule has 9 heteroatoms. The number of furan rings is 1. The van der Waals surface area contributed by atoms with Gasteiger partial charge >= 0.3 is 0 Å². The molecule has 0 saturated carbocycles. The van der Waals surface area contributed by atoms with Gasteiger partial charge < -0.3 is 19.6 Å². The highest BCUT2D eigenvalue weighted by atomic mass is 19.1. The zero-order valence-electron chi connectivity index (χ0n) is 17.5. The SMILES string of the molecule is CCCCNC(=O)c1cn(Cc2ccco2)cc(C(=O)NCc2c(F)cccc2F)c1=O. The van der Waals surface area contributed by atoms with Gasteiger partial charge in [0.1, 0.15) is 28.5 Å². The zero-order valence-corrected chi connectivity index (χ0v) is 17.5. The highest BCUT2D eigenvalue weighted by Crippen LogP contribution is 2.12. The lowest BCUT2D eigenvalue weighted by atomic mass is 10.1. The summed E-state index contributed by atoms with van der Waals surface area (Å²) in [6.07, 6.45) is 5.70. The number of unbranched alkanes of at least 4 members (excludes halogenated alkanes) is 1. The Labute approximate surface area is 183 Å². The van der Waals surface area contributed by atoms with Crippen molar-refractivity contribution in [1.82, 2.24) is 15.2 Å². The van der Waals surface area contributed by atoms with E-state index in [2.05, 4.69) is 10.6 Å². The fourth-order valence-corrected chi connectivity index (χ4v) is 3.07. The predicted molar refractivity (Wildman–Crippen MR) is 113 cm³/mol. The van der Waals surface area contributed by atoms with Gasteiger partial charge in [0.2, 0.25) is 5.43 Å². The summed E-state index contributed by atoms with van der Waals surface area (Å²) < 4.78 is 34.5. The largest absolute Gasteiger partial charge is 0.467 e. The molecule has 0 fully saturated rings. The molecule has 0 radical (unpaired) electrons. The fourth-order valence-electron chi connectivity index (χ4n) is 3.07. The standard InChI is InChI=1S/C23H23F2N3O4/c1-2-3-9-26-22(30)17-13-28(12-15-6-5-10-32-15)14-18(21(17)29)23(31)27-11-16-19(24)7-4-8-20(16)25/h4-8,10,13-14H,2-3,9,11-12H2,1H3,(H,26,30)(H,27,31). The Balaban J connectivity index is 1.90. The maximum Gasteiger partial charge on any atom is 0.257 e. The minimum absolute atomic E-state index is 0.171. The molecule has 7 nitrogen and oxygen atoms in total. The van der Waals surface area contributed by atoms with Gasteiger partial charge in [-0.15, -0.1) is 0 Å². The van der Waals surface area contributed by atoms with Gasteiger partial charge in [-0.2, -0.15) is 0 Å². The topological polar surface area (TPSA) is 93.3 Å². The number of aromatic nitrogens is 1. The molecule has 0 aliphatic rings. The number of benzene rings is 1. The number of rotatable bonds is 9. The molecular weight excluding hydrogens is 420 g/mol. The maximum atomic E-state index is 13.9. The van der Waals surface area contributed by atoms with E-state index in [0.717, 1.165) is 25.0 Å². The quantitative estimate of drug-likeness (QED) is 0.497. The lowest BCUT2D eigenvalue weighted by Gasteiger charge is -2.12. The summed E-state index contributed by atoms with van der Waals surface area (Å²) in [5, 5.41) is 5.01. The van der Waals surface area contributed by atoms with Crippen LogP contribution >= 0.6 is 0 Å². The second-order valence-electron chi connectivity index (χ2n) is 7.16. The van der Waals surface area contributed by atoms with Gasteiger partial charge in [0.25, 0.3) is 11.8 Å². The molecule has 2 heterocycles. The molecule has 0 atom stereocenters. The number of amides is 2. The highest BCUT2D eigenvalue weighted by Gasteiger charge is 2.20. The van der Waals surface area contributed by atoms with Crippen molar-refractivity contribution < 1.29 is 22.8 Å². The molecule has 2 aromatic heterocycles. The van der Waals surface area contributed by atoms with Crippen molar-refractivity contribution in [3.63, 3.8) is 0 Å². The van der Waals surface area contributed by atoms with Crippen LogP contribution in [-0.4, -0.2) is 22.9 Å². The number of nitrogens with zero attached hydrogens (tertiary/aromatic N) is 1. The van der Waals surface area contributed by atoms with Gasteiger partial charge in [-0.3, -0.25) is 14.4 Å². The van der Waals surface area contributed by atoms with E-state index in [1.54, 1.807) is 12.1 Å². The number of halogens is 2.